The Morgan fingerprint density at radius 2 is 1.66 bits per heavy atom. The second-order valence-electron chi connectivity index (χ2n) is 12.1. The molecule has 4 aliphatic rings. The molecule has 6 rings (SSSR count). The van der Waals surface area contributed by atoms with Gasteiger partial charge >= 0.3 is 0 Å². The highest BCUT2D eigenvalue weighted by atomic mass is 19.1. The first-order valence-corrected chi connectivity index (χ1v) is 13.0. The Morgan fingerprint density at radius 3 is 2.17 bits per heavy atom. The third kappa shape index (κ3) is 4.62. The van der Waals surface area contributed by atoms with Gasteiger partial charge in [0.15, 0.2) is 0 Å². The van der Waals surface area contributed by atoms with Gasteiger partial charge in [0.2, 0.25) is 11.8 Å². The molecule has 1 aromatic carbocycles. The number of amides is 2. The molecule has 0 saturated heterocycles. The fourth-order valence-corrected chi connectivity index (χ4v) is 7.01. The fourth-order valence-electron chi connectivity index (χ4n) is 7.01. The zero-order valence-corrected chi connectivity index (χ0v) is 21.3. The van der Waals surface area contributed by atoms with Crippen molar-refractivity contribution in [3.05, 3.63) is 41.8 Å². The molecule has 6 nitrogen and oxygen atoms in total. The summed E-state index contributed by atoms with van der Waals surface area (Å²) < 4.78 is 15.1. The van der Waals surface area contributed by atoms with Crippen LogP contribution >= 0.6 is 0 Å². The average Bonchev–Trinajstić information content (AvgIpc) is 3.21. The molecular formula is C28H37FN4O2. The van der Waals surface area contributed by atoms with Crippen molar-refractivity contribution in [1.29, 1.82) is 0 Å². The van der Waals surface area contributed by atoms with Crippen molar-refractivity contribution >= 4 is 17.6 Å². The third-order valence-corrected chi connectivity index (χ3v) is 8.31. The first-order chi connectivity index (χ1) is 16.6. The van der Waals surface area contributed by atoms with Crippen LogP contribution in [0.1, 0.15) is 71.9 Å². The van der Waals surface area contributed by atoms with Crippen molar-refractivity contribution in [3.8, 4) is 5.69 Å². The number of benzene rings is 1. The summed E-state index contributed by atoms with van der Waals surface area (Å²) in [6, 6.07) is 7.89. The van der Waals surface area contributed by atoms with E-state index in [0.717, 1.165) is 25.0 Å². The molecule has 4 bridgehead atoms. The fraction of sp³-hybridized carbons (Fsp3) is 0.607. The van der Waals surface area contributed by atoms with E-state index in [-0.39, 0.29) is 35.0 Å². The van der Waals surface area contributed by atoms with Crippen molar-refractivity contribution in [2.24, 2.45) is 23.2 Å². The molecule has 0 unspecified atom stereocenters. The highest BCUT2D eigenvalue weighted by molar-refractivity contribution is 5.95. The molecule has 4 saturated carbocycles. The second kappa shape index (κ2) is 8.75. The number of aromatic nitrogens is 2. The maximum atomic E-state index is 13.8. The SMILES string of the molecule is CCN(CC(=O)Nc1cc(C(C)(C)C)nn1-c1ccc(F)cc1)C(=O)C12CC3CC(CC(C3)C1)C2. The van der Waals surface area contributed by atoms with Crippen LogP contribution in [-0.2, 0) is 15.0 Å². The largest absolute Gasteiger partial charge is 0.333 e. The molecule has 35 heavy (non-hydrogen) atoms. The summed E-state index contributed by atoms with van der Waals surface area (Å²) in [6.07, 6.45) is 6.81. The molecule has 188 valence electrons. The Bertz CT molecular complexity index is 1080. The molecule has 0 spiro atoms. The first kappa shape index (κ1) is 24.0. The minimum absolute atomic E-state index is 0.0243. The predicted molar refractivity (Wildman–Crippen MR) is 134 cm³/mol. The van der Waals surface area contributed by atoms with E-state index in [9.17, 15) is 14.0 Å². The number of hydrogen-bond donors (Lipinski definition) is 1. The topological polar surface area (TPSA) is 67.2 Å². The molecule has 0 aliphatic heterocycles. The summed E-state index contributed by atoms with van der Waals surface area (Å²) in [5, 5.41) is 7.68. The Kier molecular flexibility index (Phi) is 6.01. The zero-order chi connectivity index (χ0) is 25.0. The predicted octanol–water partition coefficient (Wildman–Crippen LogP) is 5.31. The van der Waals surface area contributed by atoms with Gasteiger partial charge in [0.05, 0.1) is 23.3 Å². The molecule has 1 N–H and O–H groups in total. The van der Waals surface area contributed by atoms with Gasteiger partial charge in [-0.2, -0.15) is 5.10 Å². The number of halogens is 1. The van der Waals surface area contributed by atoms with E-state index in [1.807, 2.05) is 13.0 Å². The Morgan fingerprint density at radius 1 is 1.09 bits per heavy atom. The monoisotopic (exact) mass is 480 g/mol. The molecule has 7 heteroatoms. The number of carbonyl (C=O) groups excluding carboxylic acids is 2. The van der Waals surface area contributed by atoms with E-state index < -0.39 is 0 Å². The van der Waals surface area contributed by atoms with Crippen LogP contribution in [0.4, 0.5) is 10.2 Å². The summed E-state index contributed by atoms with van der Waals surface area (Å²) >= 11 is 0. The molecule has 2 aromatic rings. The number of nitrogens with one attached hydrogen (secondary N) is 1. The summed E-state index contributed by atoms with van der Waals surface area (Å²) in [4.78, 5) is 28.7. The minimum Gasteiger partial charge on any atom is -0.333 e. The number of anilines is 1. The maximum absolute atomic E-state index is 13.8. The highest BCUT2D eigenvalue weighted by Crippen LogP contribution is 2.60. The maximum Gasteiger partial charge on any atom is 0.245 e. The lowest BCUT2D eigenvalue weighted by Gasteiger charge is -2.56. The van der Waals surface area contributed by atoms with Crippen LogP contribution < -0.4 is 5.32 Å². The lowest BCUT2D eigenvalue weighted by Crippen LogP contribution is -2.55. The summed E-state index contributed by atoms with van der Waals surface area (Å²) in [5.74, 6) is 2.15. The van der Waals surface area contributed by atoms with Crippen molar-refractivity contribution in [1.82, 2.24) is 14.7 Å². The highest BCUT2D eigenvalue weighted by Gasteiger charge is 2.55. The van der Waals surface area contributed by atoms with Gasteiger partial charge in [-0.15, -0.1) is 0 Å². The van der Waals surface area contributed by atoms with E-state index in [4.69, 9.17) is 5.10 Å². The van der Waals surface area contributed by atoms with Gasteiger partial charge in [0, 0.05) is 18.0 Å². The summed E-state index contributed by atoms with van der Waals surface area (Å²) in [6.45, 7) is 8.65. The molecular weight excluding hydrogens is 443 g/mol. The first-order valence-electron chi connectivity index (χ1n) is 13.0. The number of carbonyl (C=O) groups is 2. The van der Waals surface area contributed by atoms with Crippen LogP contribution in [-0.4, -0.2) is 39.6 Å². The minimum atomic E-state index is -0.329. The zero-order valence-electron chi connectivity index (χ0n) is 21.3. The van der Waals surface area contributed by atoms with Gasteiger partial charge in [-0.3, -0.25) is 9.59 Å². The van der Waals surface area contributed by atoms with Crippen molar-refractivity contribution in [3.63, 3.8) is 0 Å². The van der Waals surface area contributed by atoms with Crippen LogP contribution in [0.25, 0.3) is 5.69 Å². The molecule has 0 atom stereocenters. The van der Waals surface area contributed by atoms with Crippen molar-refractivity contribution in [2.75, 3.05) is 18.4 Å². The van der Waals surface area contributed by atoms with E-state index in [1.165, 1.54) is 31.4 Å². The number of rotatable bonds is 6. The second-order valence-corrected chi connectivity index (χ2v) is 12.1. The van der Waals surface area contributed by atoms with E-state index in [0.29, 0.717) is 35.8 Å². The summed E-state index contributed by atoms with van der Waals surface area (Å²) in [7, 11) is 0. The van der Waals surface area contributed by atoms with Gasteiger partial charge in [0.25, 0.3) is 0 Å². The quantitative estimate of drug-likeness (QED) is 0.609. The van der Waals surface area contributed by atoms with Gasteiger partial charge in [-0.1, -0.05) is 20.8 Å². The van der Waals surface area contributed by atoms with Gasteiger partial charge in [-0.25, -0.2) is 9.07 Å². The normalized spacial score (nSPS) is 27.2. The van der Waals surface area contributed by atoms with Gasteiger partial charge in [-0.05, 0) is 87.5 Å². The Hall–Kier alpha value is -2.70. The van der Waals surface area contributed by atoms with Crippen LogP contribution in [0.2, 0.25) is 0 Å². The van der Waals surface area contributed by atoms with Crippen LogP contribution in [0.5, 0.6) is 0 Å². The third-order valence-electron chi connectivity index (χ3n) is 8.31. The Balaban J connectivity index is 1.34. The van der Waals surface area contributed by atoms with Crippen LogP contribution in [0.15, 0.2) is 30.3 Å². The number of hydrogen-bond acceptors (Lipinski definition) is 3. The molecule has 4 fully saturated rings. The van der Waals surface area contributed by atoms with Crippen molar-refractivity contribution < 1.29 is 14.0 Å². The molecule has 1 heterocycles. The lowest BCUT2D eigenvalue weighted by molar-refractivity contribution is -0.158. The summed E-state index contributed by atoms with van der Waals surface area (Å²) in [5.41, 5.74) is 0.984. The number of likely N-dealkylation sites (N-methyl/N-ethyl adjacent to an activating group) is 1. The van der Waals surface area contributed by atoms with E-state index >= 15 is 0 Å². The van der Waals surface area contributed by atoms with E-state index in [1.54, 1.807) is 21.7 Å². The van der Waals surface area contributed by atoms with Crippen molar-refractivity contribution in [2.45, 2.75) is 71.6 Å². The van der Waals surface area contributed by atoms with Crippen LogP contribution in [0, 0.1) is 29.0 Å². The average molecular weight is 481 g/mol. The van der Waals surface area contributed by atoms with Gasteiger partial charge in [0.1, 0.15) is 11.6 Å². The Labute approximate surface area is 207 Å². The lowest BCUT2D eigenvalue weighted by atomic mass is 9.49. The molecule has 4 aliphatic carbocycles. The molecule has 0 radical (unpaired) electrons. The smallest absolute Gasteiger partial charge is 0.245 e. The number of nitrogens with zero attached hydrogens (tertiary/aromatic N) is 3. The van der Waals surface area contributed by atoms with E-state index in [2.05, 4.69) is 26.1 Å². The van der Waals surface area contributed by atoms with Crippen LogP contribution in [0.3, 0.4) is 0 Å². The molecule has 2 amide bonds. The van der Waals surface area contributed by atoms with Gasteiger partial charge < -0.3 is 10.2 Å². The standard InChI is InChI=1S/C28H37FN4O2/c1-5-32(26(35)28-14-18-10-19(15-28)12-20(11-18)16-28)17-25(34)30-24-13-23(27(2,3)4)31-33(24)22-8-6-21(29)7-9-22/h6-9,13,18-20H,5,10-12,14-17H2,1-4H3,(H,30,34). The molecule has 1 aromatic heterocycles.